The zero-order valence-electron chi connectivity index (χ0n) is 8.19. The molecule has 2 rings (SSSR count). The highest BCUT2D eigenvalue weighted by molar-refractivity contribution is 5.82. The number of carbonyl (C=O) groups excluding carboxylic acids is 1. The lowest BCUT2D eigenvalue weighted by molar-refractivity contribution is -0.162. The maximum atomic E-state index is 11.6. The number of ether oxygens (including phenoxy) is 1. The molecule has 0 saturated carbocycles. The average molecular weight is 184 g/mol. The van der Waals surface area contributed by atoms with E-state index in [1.807, 2.05) is 19.0 Å². The Labute approximate surface area is 78.4 Å². The van der Waals surface area contributed by atoms with Crippen LogP contribution >= 0.6 is 0 Å². The summed E-state index contributed by atoms with van der Waals surface area (Å²) in [6.07, 6.45) is 0.783. The first-order valence-corrected chi connectivity index (χ1v) is 4.75. The minimum absolute atomic E-state index is 0.122. The lowest BCUT2D eigenvalue weighted by Crippen LogP contribution is -2.62. The molecule has 1 atom stereocenters. The van der Waals surface area contributed by atoms with Gasteiger partial charge < -0.3 is 14.5 Å². The Bertz CT molecular complexity index is 208. The third-order valence-electron chi connectivity index (χ3n) is 2.88. The summed E-state index contributed by atoms with van der Waals surface area (Å²) in [5, 5.41) is 0. The van der Waals surface area contributed by atoms with Crippen LogP contribution in [0.3, 0.4) is 0 Å². The first kappa shape index (κ1) is 8.97. The van der Waals surface area contributed by atoms with Gasteiger partial charge in [-0.3, -0.25) is 4.79 Å². The van der Waals surface area contributed by atoms with Crippen LogP contribution in [0.5, 0.6) is 0 Å². The van der Waals surface area contributed by atoms with Crippen LogP contribution in [-0.4, -0.2) is 61.6 Å². The van der Waals surface area contributed by atoms with Crippen LogP contribution < -0.4 is 0 Å². The average Bonchev–Trinajstić information content (AvgIpc) is 1.76. The molecule has 1 amide bonds. The molecule has 2 aliphatic rings. The minimum atomic E-state index is -0.122. The SMILES string of the molecule is CN(C)C1CN(C(=O)C2CCO2)C1. The maximum Gasteiger partial charge on any atom is 0.251 e. The van der Waals surface area contributed by atoms with Crippen LogP contribution in [-0.2, 0) is 9.53 Å². The molecule has 2 aliphatic heterocycles. The van der Waals surface area contributed by atoms with Gasteiger partial charge in [0.05, 0.1) is 6.61 Å². The molecule has 0 aromatic rings. The summed E-state index contributed by atoms with van der Waals surface area (Å²) in [5.41, 5.74) is 0. The fourth-order valence-electron chi connectivity index (χ4n) is 1.60. The van der Waals surface area contributed by atoms with Crippen LogP contribution in [0.4, 0.5) is 0 Å². The van der Waals surface area contributed by atoms with Gasteiger partial charge in [-0.05, 0) is 14.1 Å². The second kappa shape index (κ2) is 3.27. The Balaban J connectivity index is 1.76. The topological polar surface area (TPSA) is 32.8 Å². The summed E-state index contributed by atoms with van der Waals surface area (Å²) in [5.74, 6) is 0.185. The summed E-state index contributed by atoms with van der Waals surface area (Å²) < 4.78 is 5.14. The molecule has 4 nitrogen and oxygen atoms in total. The lowest BCUT2D eigenvalue weighted by atomic mass is 10.0. The number of likely N-dealkylation sites (N-methyl/N-ethyl adjacent to an activating group) is 1. The number of nitrogens with zero attached hydrogens (tertiary/aromatic N) is 2. The van der Waals surface area contributed by atoms with E-state index in [2.05, 4.69) is 4.90 Å². The van der Waals surface area contributed by atoms with Crippen molar-refractivity contribution in [3.63, 3.8) is 0 Å². The standard InChI is InChI=1S/C9H16N2O2/c1-10(2)7-5-11(6-7)9(12)8-3-4-13-8/h7-8H,3-6H2,1-2H3. The monoisotopic (exact) mass is 184 g/mol. The molecule has 0 radical (unpaired) electrons. The smallest absolute Gasteiger partial charge is 0.251 e. The highest BCUT2D eigenvalue weighted by Crippen LogP contribution is 2.19. The first-order chi connectivity index (χ1) is 6.18. The van der Waals surface area contributed by atoms with E-state index in [-0.39, 0.29) is 12.0 Å². The van der Waals surface area contributed by atoms with Gasteiger partial charge in [-0.2, -0.15) is 0 Å². The van der Waals surface area contributed by atoms with Crippen molar-refractivity contribution in [1.29, 1.82) is 0 Å². The fraction of sp³-hybridized carbons (Fsp3) is 0.889. The zero-order chi connectivity index (χ0) is 9.42. The van der Waals surface area contributed by atoms with Crippen LogP contribution in [0.1, 0.15) is 6.42 Å². The van der Waals surface area contributed by atoms with Crippen LogP contribution in [0.2, 0.25) is 0 Å². The van der Waals surface area contributed by atoms with Crippen molar-refractivity contribution >= 4 is 5.91 Å². The summed E-state index contributed by atoms with van der Waals surface area (Å²) in [6, 6.07) is 0.545. The summed E-state index contributed by atoms with van der Waals surface area (Å²) in [7, 11) is 4.10. The molecular weight excluding hydrogens is 168 g/mol. The van der Waals surface area contributed by atoms with Gasteiger partial charge in [0.15, 0.2) is 0 Å². The summed E-state index contributed by atoms with van der Waals surface area (Å²) in [6.45, 7) is 2.48. The van der Waals surface area contributed by atoms with E-state index in [1.165, 1.54) is 0 Å². The lowest BCUT2D eigenvalue weighted by Gasteiger charge is -2.45. The number of likely N-dealkylation sites (tertiary alicyclic amines) is 1. The molecule has 4 heteroatoms. The van der Waals surface area contributed by atoms with Crippen molar-refractivity contribution in [3.8, 4) is 0 Å². The molecule has 1 unspecified atom stereocenters. The van der Waals surface area contributed by atoms with Crippen LogP contribution in [0, 0.1) is 0 Å². The summed E-state index contributed by atoms with van der Waals surface area (Å²) in [4.78, 5) is 15.6. The zero-order valence-corrected chi connectivity index (χ0v) is 8.19. The van der Waals surface area contributed by atoms with Gasteiger partial charge in [0, 0.05) is 25.6 Å². The van der Waals surface area contributed by atoms with Gasteiger partial charge >= 0.3 is 0 Å². The van der Waals surface area contributed by atoms with E-state index in [1.54, 1.807) is 0 Å². The maximum absolute atomic E-state index is 11.6. The molecule has 2 fully saturated rings. The van der Waals surface area contributed by atoms with Crippen LogP contribution in [0.25, 0.3) is 0 Å². The molecule has 0 spiro atoms. The van der Waals surface area contributed by atoms with E-state index in [0.29, 0.717) is 6.04 Å². The molecule has 2 heterocycles. The van der Waals surface area contributed by atoms with Gasteiger partial charge in [-0.15, -0.1) is 0 Å². The summed E-state index contributed by atoms with van der Waals surface area (Å²) >= 11 is 0. The minimum Gasteiger partial charge on any atom is -0.368 e. The number of hydrogen-bond acceptors (Lipinski definition) is 3. The molecule has 13 heavy (non-hydrogen) atoms. The van der Waals surface area contributed by atoms with Gasteiger partial charge in [-0.25, -0.2) is 0 Å². The Kier molecular flexibility index (Phi) is 2.26. The normalized spacial score (nSPS) is 28.5. The molecular formula is C9H16N2O2. The van der Waals surface area contributed by atoms with E-state index in [0.717, 1.165) is 26.1 Å². The molecule has 0 aliphatic carbocycles. The highest BCUT2D eigenvalue weighted by atomic mass is 16.5. The number of rotatable bonds is 2. The number of carbonyl (C=O) groups is 1. The highest BCUT2D eigenvalue weighted by Gasteiger charge is 2.37. The van der Waals surface area contributed by atoms with Crippen molar-refractivity contribution in [2.75, 3.05) is 33.8 Å². The van der Waals surface area contributed by atoms with Gasteiger partial charge in [0.1, 0.15) is 6.10 Å². The molecule has 0 aromatic heterocycles. The number of hydrogen-bond donors (Lipinski definition) is 0. The molecule has 0 aromatic carbocycles. The number of amides is 1. The van der Waals surface area contributed by atoms with Gasteiger partial charge in [0.2, 0.25) is 0 Å². The van der Waals surface area contributed by atoms with Crippen molar-refractivity contribution in [3.05, 3.63) is 0 Å². The Morgan fingerprint density at radius 1 is 1.46 bits per heavy atom. The molecule has 2 saturated heterocycles. The van der Waals surface area contributed by atoms with E-state index in [4.69, 9.17) is 4.74 Å². The second-order valence-corrected chi connectivity index (χ2v) is 4.01. The van der Waals surface area contributed by atoms with Crippen molar-refractivity contribution in [2.45, 2.75) is 18.6 Å². The fourth-order valence-corrected chi connectivity index (χ4v) is 1.60. The first-order valence-electron chi connectivity index (χ1n) is 4.75. The quantitative estimate of drug-likeness (QED) is 0.582. The third-order valence-corrected chi connectivity index (χ3v) is 2.88. The van der Waals surface area contributed by atoms with Crippen molar-refractivity contribution in [2.24, 2.45) is 0 Å². The molecule has 0 bridgehead atoms. The second-order valence-electron chi connectivity index (χ2n) is 4.01. The van der Waals surface area contributed by atoms with Crippen molar-refractivity contribution < 1.29 is 9.53 Å². The van der Waals surface area contributed by atoms with Crippen molar-refractivity contribution in [1.82, 2.24) is 9.80 Å². The molecule has 0 N–H and O–H groups in total. The molecule has 74 valence electrons. The largest absolute Gasteiger partial charge is 0.368 e. The Morgan fingerprint density at radius 3 is 2.46 bits per heavy atom. The predicted octanol–water partition coefficient (Wildman–Crippen LogP) is -0.452. The predicted molar refractivity (Wildman–Crippen MR) is 48.4 cm³/mol. The van der Waals surface area contributed by atoms with Crippen LogP contribution in [0.15, 0.2) is 0 Å². The van der Waals surface area contributed by atoms with E-state index < -0.39 is 0 Å². The van der Waals surface area contributed by atoms with E-state index in [9.17, 15) is 4.79 Å². The third kappa shape index (κ3) is 1.56. The van der Waals surface area contributed by atoms with Gasteiger partial charge in [-0.1, -0.05) is 0 Å². The van der Waals surface area contributed by atoms with E-state index >= 15 is 0 Å². The Hall–Kier alpha value is -0.610. The van der Waals surface area contributed by atoms with Gasteiger partial charge in [0.25, 0.3) is 5.91 Å². The Morgan fingerprint density at radius 2 is 2.08 bits per heavy atom.